The van der Waals surface area contributed by atoms with Gasteiger partial charge in [-0.15, -0.1) is 0 Å². The molecule has 0 aliphatic heterocycles. The lowest BCUT2D eigenvalue weighted by Crippen LogP contribution is -2.32. The maximum absolute atomic E-state index is 12.3. The predicted molar refractivity (Wildman–Crippen MR) is 72.6 cm³/mol. The fourth-order valence-corrected chi connectivity index (χ4v) is 3.32. The van der Waals surface area contributed by atoms with Crippen LogP contribution in [0.3, 0.4) is 0 Å². The standard InChI is InChI=1S/C12H17N4O3S/c1-3-15(4-2)20(17,18)11-7-5-10(6-8-11)16-9-12(13)19-14-16/h5-9H,3-4,13H2,1-2H3/q+1. The van der Waals surface area contributed by atoms with Crippen LogP contribution in [0.5, 0.6) is 0 Å². The summed E-state index contributed by atoms with van der Waals surface area (Å²) < 4.78 is 32.2. The van der Waals surface area contributed by atoms with Crippen molar-refractivity contribution in [1.82, 2.24) is 9.58 Å². The van der Waals surface area contributed by atoms with E-state index in [0.717, 1.165) is 0 Å². The number of aromatic nitrogens is 2. The number of sulfonamides is 1. The van der Waals surface area contributed by atoms with Crippen molar-refractivity contribution < 1.29 is 17.6 Å². The van der Waals surface area contributed by atoms with Crippen LogP contribution < -0.4 is 10.4 Å². The third kappa shape index (κ3) is 2.66. The van der Waals surface area contributed by atoms with Crippen LogP contribution in [-0.4, -0.2) is 31.1 Å². The van der Waals surface area contributed by atoms with Gasteiger partial charge in [0.1, 0.15) is 0 Å². The van der Waals surface area contributed by atoms with Gasteiger partial charge in [-0.3, -0.25) is 4.52 Å². The number of anilines is 1. The molecule has 7 nitrogen and oxygen atoms in total. The van der Waals surface area contributed by atoms with Crippen LogP contribution in [0.25, 0.3) is 5.69 Å². The highest BCUT2D eigenvalue weighted by Gasteiger charge is 2.22. The van der Waals surface area contributed by atoms with Crippen LogP contribution in [0.15, 0.2) is 39.9 Å². The summed E-state index contributed by atoms with van der Waals surface area (Å²) in [7, 11) is -3.44. The van der Waals surface area contributed by atoms with Gasteiger partial charge in [0.2, 0.25) is 21.0 Å². The SMILES string of the molecule is CCN(CC)S(=O)(=O)c1ccc(-[n+]2cc(N)on2)cc1. The minimum Gasteiger partial charge on any atom is -0.362 e. The van der Waals surface area contributed by atoms with Crippen molar-refractivity contribution >= 4 is 15.9 Å². The van der Waals surface area contributed by atoms with Gasteiger partial charge in [0.25, 0.3) is 12.1 Å². The zero-order valence-electron chi connectivity index (χ0n) is 11.4. The molecule has 0 unspecified atom stereocenters. The van der Waals surface area contributed by atoms with Gasteiger partial charge in [0.05, 0.1) is 4.90 Å². The maximum Gasteiger partial charge on any atom is 0.293 e. The third-order valence-corrected chi connectivity index (χ3v) is 4.99. The molecule has 0 fully saturated rings. The second kappa shape index (κ2) is 5.59. The van der Waals surface area contributed by atoms with Gasteiger partial charge in [-0.05, 0) is 16.8 Å². The zero-order chi connectivity index (χ0) is 14.8. The van der Waals surface area contributed by atoms with E-state index in [2.05, 4.69) is 5.27 Å². The molecule has 108 valence electrons. The summed E-state index contributed by atoms with van der Waals surface area (Å²) in [5, 5.41) is 3.70. The summed E-state index contributed by atoms with van der Waals surface area (Å²) in [6, 6.07) is 6.39. The Morgan fingerprint density at radius 3 is 2.30 bits per heavy atom. The highest BCUT2D eigenvalue weighted by Crippen LogP contribution is 2.16. The number of hydrogen-bond donors (Lipinski definition) is 1. The van der Waals surface area contributed by atoms with Crippen molar-refractivity contribution in [3.63, 3.8) is 0 Å². The van der Waals surface area contributed by atoms with Gasteiger partial charge in [-0.2, -0.15) is 4.31 Å². The summed E-state index contributed by atoms with van der Waals surface area (Å²) in [6.45, 7) is 4.50. The summed E-state index contributed by atoms with van der Waals surface area (Å²) in [6.07, 6.45) is 1.51. The van der Waals surface area contributed by atoms with Crippen LogP contribution in [0.2, 0.25) is 0 Å². The molecular formula is C12H17N4O3S+. The molecule has 1 aromatic heterocycles. The van der Waals surface area contributed by atoms with Gasteiger partial charge < -0.3 is 5.73 Å². The Morgan fingerprint density at radius 1 is 1.25 bits per heavy atom. The molecule has 0 radical (unpaired) electrons. The topological polar surface area (TPSA) is 93.3 Å². The second-order valence-electron chi connectivity index (χ2n) is 4.13. The zero-order valence-corrected chi connectivity index (χ0v) is 12.2. The molecule has 8 heteroatoms. The average Bonchev–Trinajstić information content (AvgIpc) is 2.87. The van der Waals surface area contributed by atoms with Gasteiger partial charge in [-0.1, -0.05) is 13.8 Å². The van der Waals surface area contributed by atoms with Crippen molar-refractivity contribution in [2.45, 2.75) is 18.7 Å². The van der Waals surface area contributed by atoms with Crippen molar-refractivity contribution in [3.05, 3.63) is 30.5 Å². The largest absolute Gasteiger partial charge is 0.362 e. The Hall–Kier alpha value is -1.93. The first-order valence-electron chi connectivity index (χ1n) is 6.23. The molecule has 1 aromatic carbocycles. The number of rotatable bonds is 5. The smallest absolute Gasteiger partial charge is 0.293 e. The summed E-state index contributed by atoms with van der Waals surface area (Å²) in [4.78, 5) is 0.252. The van der Waals surface area contributed by atoms with E-state index in [1.807, 2.05) is 13.8 Å². The monoisotopic (exact) mass is 297 g/mol. The van der Waals surface area contributed by atoms with E-state index in [1.165, 1.54) is 15.2 Å². The Bertz CT molecular complexity index is 675. The first-order valence-corrected chi connectivity index (χ1v) is 7.67. The van der Waals surface area contributed by atoms with Crippen LogP contribution in [-0.2, 0) is 10.0 Å². The van der Waals surface area contributed by atoms with Crippen LogP contribution in [0, 0.1) is 0 Å². The number of hydrogen-bond acceptors (Lipinski definition) is 5. The molecule has 0 amide bonds. The van der Waals surface area contributed by atoms with E-state index in [9.17, 15) is 8.42 Å². The number of benzene rings is 1. The normalized spacial score (nSPS) is 11.9. The highest BCUT2D eigenvalue weighted by molar-refractivity contribution is 7.89. The number of nitrogens with two attached hydrogens (primary N) is 1. The van der Waals surface area contributed by atoms with E-state index in [4.69, 9.17) is 10.3 Å². The third-order valence-electron chi connectivity index (χ3n) is 2.93. The molecule has 0 bridgehead atoms. The van der Waals surface area contributed by atoms with Crippen molar-refractivity contribution in [2.24, 2.45) is 0 Å². The van der Waals surface area contributed by atoms with E-state index in [-0.39, 0.29) is 10.8 Å². The van der Waals surface area contributed by atoms with Crippen molar-refractivity contribution in [3.8, 4) is 5.69 Å². The van der Waals surface area contributed by atoms with E-state index < -0.39 is 10.0 Å². The second-order valence-corrected chi connectivity index (χ2v) is 6.07. The van der Waals surface area contributed by atoms with Gasteiger partial charge >= 0.3 is 0 Å². The highest BCUT2D eigenvalue weighted by atomic mass is 32.2. The molecule has 1 heterocycles. The molecule has 0 saturated carbocycles. The lowest BCUT2D eigenvalue weighted by Gasteiger charge is -2.18. The van der Waals surface area contributed by atoms with Crippen LogP contribution in [0.1, 0.15) is 13.8 Å². The first kappa shape index (κ1) is 14.5. The van der Waals surface area contributed by atoms with Gasteiger partial charge in [0, 0.05) is 25.2 Å². The molecule has 20 heavy (non-hydrogen) atoms. The van der Waals surface area contributed by atoms with Crippen LogP contribution >= 0.6 is 0 Å². The molecule has 2 aromatic rings. The predicted octanol–water partition coefficient (Wildman–Crippen LogP) is 0.564. The molecule has 2 N–H and O–H groups in total. The van der Waals surface area contributed by atoms with Crippen molar-refractivity contribution in [2.75, 3.05) is 18.8 Å². The summed E-state index contributed by atoms with van der Waals surface area (Å²) in [5.41, 5.74) is 6.11. The fraction of sp³-hybridized carbons (Fsp3) is 0.333. The fourth-order valence-electron chi connectivity index (χ4n) is 1.86. The molecule has 0 aliphatic rings. The number of nitrogens with zero attached hydrogens (tertiary/aromatic N) is 3. The van der Waals surface area contributed by atoms with E-state index in [1.54, 1.807) is 24.3 Å². The Labute approximate surface area is 117 Å². The first-order chi connectivity index (χ1) is 9.48. The lowest BCUT2D eigenvalue weighted by atomic mass is 10.3. The van der Waals surface area contributed by atoms with Gasteiger partial charge in [-0.25, -0.2) is 8.42 Å². The minimum absolute atomic E-state index is 0.185. The van der Waals surface area contributed by atoms with Crippen molar-refractivity contribution in [1.29, 1.82) is 0 Å². The summed E-state index contributed by atoms with van der Waals surface area (Å²) >= 11 is 0. The van der Waals surface area contributed by atoms with E-state index in [0.29, 0.717) is 18.8 Å². The minimum atomic E-state index is -3.44. The Balaban J connectivity index is 2.33. The quantitative estimate of drug-likeness (QED) is 0.814. The lowest BCUT2D eigenvalue weighted by molar-refractivity contribution is -0.670. The molecular weight excluding hydrogens is 280 g/mol. The molecule has 2 rings (SSSR count). The molecule has 0 atom stereocenters. The molecule has 0 aliphatic carbocycles. The Morgan fingerprint density at radius 2 is 1.85 bits per heavy atom. The average molecular weight is 297 g/mol. The van der Waals surface area contributed by atoms with Gasteiger partial charge in [0.15, 0.2) is 0 Å². The molecule has 0 spiro atoms. The van der Waals surface area contributed by atoms with E-state index >= 15 is 0 Å². The number of nitrogen functional groups attached to an aromatic ring is 1. The molecule has 0 saturated heterocycles. The Kier molecular flexibility index (Phi) is 4.05. The van der Waals surface area contributed by atoms with Crippen LogP contribution in [0.4, 0.5) is 5.88 Å². The summed E-state index contributed by atoms with van der Waals surface area (Å²) in [5.74, 6) is 0.185. The maximum atomic E-state index is 12.3.